The summed E-state index contributed by atoms with van der Waals surface area (Å²) in [5, 5.41) is 10.3. The fourth-order valence-corrected chi connectivity index (χ4v) is 1.84. The van der Waals surface area contributed by atoms with Gasteiger partial charge in [-0.2, -0.15) is 5.10 Å². The molecule has 104 valence electrons. The van der Waals surface area contributed by atoms with Gasteiger partial charge in [-0.25, -0.2) is 0 Å². The van der Waals surface area contributed by atoms with Crippen LogP contribution in [0.15, 0.2) is 24.3 Å². The van der Waals surface area contributed by atoms with Crippen molar-refractivity contribution >= 4 is 29.4 Å². The molecule has 1 heterocycles. The summed E-state index contributed by atoms with van der Waals surface area (Å²) in [7, 11) is 0. The fraction of sp³-hybridized carbons (Fsp3) is 0.200. The van der Waals surface area contributed by atoms with E-state index in [9.17, 15) is 4.79 Å². The second-order valence-corrected chi connectivity index (χ2v) is 5.06. The molecule has 0 bridgehead atoms. The van der Waals surface area contributed by atoms with Crippen molar-refractivity contribution in [3.05, 3.63) is 51.7 Å². The van der Waals surface area contributed by atoms with Gasteiger partial charge in [-0.3, -0.25) is 9.89 Å². The number of halogens is 1. The van der Waals surface area contributed by atoms with Crippen molar-refractivity contribution in [2.24, 2.45) is 0 Å². The van der Waals surface area contributed by atoms with Crippen LogP contribution in [-0.4, -0.2) is 16.1 Å². The highest BCUT2D eigenvalue weighted by Gasteiger charge is 2.07. The molecule has 0 radical (unpaired) electrons. The fourth-order valence-electron chi connectivity index (χ4n) is 1.65. The largest absolute Gasteiger partial charge is 0.305 e. The molecule has 4 nitrogen and oxygen atoms in total. The SMILES string of the molecule is Cc1ccc(/C=C/C(=O)Nc2n[nH]c(C)c2C)cc1Cl. The number of nitrogens with one attached hydrogen (secondary N) is 2. The van der Waals surface area contributed by atoms with Crippen LogP contribution in [0.5, 0.6) is 0 Å². The summed E-state index contributed by atoms with van der Waals surface area (Å²) in [5.41, 5.74) is 3.77. The number of benzene rings is 1. The number of amides is 1. The van der Waals surface area contributed by atoms with Gasteiger partial charge in [0.1, 0.15) is 0 Å². The van der Waals surface area contributed by atoms with Crippen molar-refractivity contribution in [2.75, 3.05) is 5.32 Å². The van der Waals surface area contributed by atoms with Crippen LogP contribution in [0.2, 0.25) is 5.02 Å². The van der Waals surface area contributed by atoms with E-state index in [-0.39, 0.29) is 5.91 Å². The minimum atomic E-state index is -0.226. The summed E-state index contributed by atoms with van der Waals surface area (Å²) in [6.45, 7) is 5.74. The van der Waals surface area contributed by atoms with E-state index in [1.54, 1.807) is 6.08 Å². The Morgan fingerprint density at radius 2 is 2.10 bits per heavy atom. The van der Waals surface area contributed by atoms with E-state index in [4.69, 9.17) is 11.6 Å². The van der Waals surface area contributed by atoms with Crippen molar-refractivity contribution in [1.82, 2.24) is 10.2 Å². The quantitative estimate of drug-likeness (QED) is 0.848. The van der Waals surface area contributed by atoms with E-state index in [1.807, 2.05) is 39.0 Å². The van der Waals surface area contributed by atoms with Gasteiger partial charge in [0.2, 0.25) is 5.91 Å². The molecule has 2 N–H and O–H groups in total. The van der Waals surface area contributed by atoms with Gasteiger partial charge in [-0.15, -0.1) is 0 Å². The van der Waals surface area contributed by atoms with Crippen LogP contribution < -0.4 is 5.32 Å². The average molecular weight is 290 g/mol. The van der Waals surface area contributed by atoms with E-state index in [0.29, 0.717) is 10.8 Å². The lowest BCUT2D eigenvalue weighted by atomic mass is 10.1. The standard InChI is InChI=1S/C15H16ClN3O/c1-9-4-5-12(8-13(9)16)6-7-14(20)17-15-10(2)11(3)18-19-15/h4-8H,1-3H3,(H2,17,18,19,20)/b7-6+. The Hall–Kier alpha value is -2.07. The van der Waals surface area contributed by atoms with Crippen molar-refractivity contribution in [1.29, 1.82) is 0 Å². The number of rotatable bonds is 3. The van der Waals surface area contributed by atoms with Gasteiger partial charge < -0.3 is 5.32 Å². The highest BCUT2D eigenvalue weighted by atomic mass is 35.5. The number of anilines is 1. The molecule has 0 fully saturated rings. The second-order valence-electron chi connectivity index (χ2n) is 4.65. The van der Waals surface area contributed by atoms with Gasteiger partial charge >= 0.3 is 0 Å². The maximum atomic E-state index is 11.8. The molecule has 0 atom stereocenters. The summed E-state index contributed by atoms with van der Waals surface area (Å²) in [6.07, 6.45) is 3.18. The molecule has 1 aromatic heterocycles. The second kappa shape index (κ2) is 5.92. The van der Waals surface area contributed by atoms with Crippen LogP contribution in [0.4, 0.5) is 5.82 Å². The van der Waals surface area contributed by atoms with Crippen LogP contribution >= 0.6 is 11.6 Å². The van der Waals surface area contributed by atoms with Gasteiger partial charge in [-0.1, -0.05) is 23.7 Å². The Morgan fingerprint density at radius 3 is 2.70 bits per heavy atom. The molecule has 1 aromatic carbocycles. The van der Waals surface area contributed by atoms with Gasteiger partial charge in [0.15, 0.2) is 5.82 Å². The Labute approximate surface area is 122 Å². The third-order valence-corrected chi connectivity index (χ3v) is 3.52. The molecule has 0 spiro atoms. The highest BCUT2D eigenvalue weighted by molar-refractivity contribution is 6.31. The van der Waals surface area contributed by atoms with E-state index in [1.165, 1.54) is 6.08 Å². The number of aromatic amines is 1. The predicted octanol–water partition coefficient (Wildman–Crippen LogP) is 3.64. The van der Waals surface area contributed by atoms with Gasteiger partial charge in [0, 0.05) is 22.4 Å². The summed E-state index contributed by atoms with van der Waals surface area (Å²) in [4.78, 5) is 11.8. The zero-order chi connectivity index (χ0) is 14.7. The van der Waals surface area contributed by atoms with Crippen molar-refractivity contribution in [3.8, 4) is 0 Å². The Balaban J connectivity index is 2.05. The van der Waals surface area contributed by atoms with Gasteiger partial charge in [0.25, 0.3) is 0 Å². The molecule has 0 saturated carbocycles. The Morgan fingerprint density at radius 1 is 1.35 bits per heavy atom. The molecule has 1 amide bonds. The summed E-state index contributed by atoms with van der Waals surface area (Å²) < 4.78 is 0. The molecular formula is C15H16ClN3O. The van der Waals surface area contributed by atoms with Crippen LogP contribution in [-0.2, 0) is 4.79 Å². The van der Waals surface area contributed by atoms with Gasteiger partial charge in [-0.05, 0) is 44.0 Å². The first kappa shape index (κ1) is 14.3. The average Bonchev–Trinajstić information content (AvgIpc) is 2.72. The van der Waals surface area contributed by atoms with Crippen molar-refractivity contribution in [3.63, 3.8) is 0 Å². The van der Waals surface area contributed by atoms with Crippen molar-refractivity contribution in [2.45, 2.75) is 20.8 Å². The lowest BCUT2D eigenvalue weighted by Gasteiger charge is -2.00. The topological polar surface area (TPSA) is 57.8 Å². The smallest absolute Gasteiger partial charge is 0.249 e. The van der Waals surface area contributed by atoms with Crippen LogP contribution in [0.3, 0.4) is 0 Å². The summed E-state index contributed by atoms with van der Waals surface area (Å²) in [5.74, 6) is 0.329. The van der Waals surface area contributed by atoms with Crippen molar-refractivity contribution < 1.29 is 4.79 Å². The van der Waals surface area contributed by atoms with Crippen LogP contribution in [0.25, 0.3) is 6.08 Å². The molecule has 2 rings (SSSR count). The van der Waals surface area contributed by atoms with Crippen LogP contribution in [0, 0.1) is 20.8 Å². The minimum Gasteiger partial charge on any atom is -0.305 e. The maximum Gasteiger partial charge on any atom is 0.249 e. The summed E-state index contributed by atoms with van der Waals surface area (Å²) >= 11 is 6.03. The first-order valence-electron chi connectivity index (χ1n) is 6.24. The molecule has 0 saturated heterocycles. The number of nitrogens with zero attached hydrogens (tertiary/aromatic N) is 1. The first-order chi connectivity index (χ1) is 9.47. The molecule has 0 aliphatic carbocycles. The van der Waals surface area contributed by atoms with E-state index in [0.717, 1.165) is 22.4 Å². The maximum absolute atomic E-state index is 11.8. The lowest BCUT2D eigenvalue weighted by molar-refractivity contribution is -0.111. The minimum absolute atomic E-state index is 0.226. The van der Waals surface area contributed by atoms with E-state index < -0.39 is 0 Å². The Bertz CT molecular complexity index is 674. The number of hydrogen-bond donors (Lipinski definition) is 2. The number of aryl methyl sites for hydroxylation is 2. The zero-order valence-corrected chi connectivity index (χ0v) is 12.4. The number of hydrogen-bond acceptors (Lipinski definition) is 2. The molecule has 0 aliphatic heterocycles. The third kappa shape index (κ3) is 3.27. The molecule has 2 aromatic rings. The summed E-state index contributed by atoms with van der Waals surface area (Å²) in [6, 6.07) is 5.65. The van der Waals surface area contributed by atoms with Crippen LogP contribution in [0.1, 0.15) is 22.4 Å². The third-order valence-electron chi connectivity index (χ3n) is 3.12. The monoisotopic (exact) mass is 289 g/mol. The highest BCUT2D eigenvalue weighted by Crippen LogP contribution is 2.18. The zero-order valence-electron chi connectivity index (χ0n) is 11.6. The number of H-pyrrole nitrogens is 1. The normalized spacial score (nSPS) is 11.0. The number of carbonyl (C=O) groups excluding carboxylic acids is 1. The van der Waals surface area contributed by atoms with E-state index in [2.05, 4.69) is 15.5 Å². The Kier molecular flexibility index (Phi) is 4.25. The number of aromatic nitrogens is 2. The number of carbonyl (C=O) groups is 1. The predicted molar refractivity (Wildman–Crippen MR) is 81.9 cm³/mol. The molecule has 0 unspecified atom stereocenters. The molecule has 20 heavy (non-hydrogen) atoms. The molecule has 0 aliphatic rings. The molecule has 5 heteroatoms. The van der Waals surface area contributed by atoms with E-state index >= 15 is 0 Å². The molecular weight excluding hydrogens is 274 g/mol. The lowest BCUT2D eigenvalue weighted by Crippen LogP contribution is -2.09. The van der Waals surface area contributed by atoms with Gasteiger partial charge in [0.05, 0.1) is 0 Å². The first-order valence-corrected chi connectivity index (χ1v) is 6.62.